The Labute approximate surface area is 186 Å². The molecule has 3 rings (SSSR count). The number of methoxy groups -OCH3 is 1. The second-order valence-corrected chi connectivity index (χ2v) is 7.25. The van der Waals surface area contributed by atoms with E-state index in [0.717, 1.165) is 24.3 Å². The van der Waals surface area contributed by atoms with E-state index < -0.39 is 34.9 Å². The highest BCUT2D eigenvalue weighted by Crippen LogP contribution is 2.37. The van der Waals surface area contributed by atoms with Crippen LogP contribution in [-0.4, -0.2) is 23.2 Å². The van der Waals surface area contributed by atoms with Crippen molar-refractivity contribution in [3.8, 4) is 17.2 Å². The molecule has 0 aliphatic rings. The van der Waals surface area contributed by atoms with Gasteiger partial charge in [-0.3, -0.25) is 4.79 Å². The third kappa shape index (κ3) is 5.46. The highest BCUT2D eigenvalue weighted by atomic mass is 19.4. The number of ether oxygens (including phenoxy) is 1. The number of hydrogen-bond acceptors (Lipinski definition) is 6. The van der Waals surface area contributed by atoms with Crippen molar-refractivity contribution in [2.75, 3.05) is 12.4 Å². The highest BCUT2D eigenvalue weighted by Gasteiger charge is 2.30. The number of nitrogens with one attached hydrogen (secondary N) is 1. The van der Waals surface area contributed by atoms with Gasteiger partial charge in [-0.15, -0.1) is 0 Å². The Balaban J connectivity index is 1.94. The number of carbonyl (C=O) groups excluding carboxylic acids is 1. The van der Waals surface area contributed by atoms with Crippen molar-refractivity contribution >= 4 is 11.6 Å². The quantitative estimate of drug-likeness (QED) is 0.495. The number of benzene rings is 2. The molecule has 10 heteroatoms. The third-order valence-corrected chi connectivity index (χ3v) is 4.93. The minimum atomic E-state index is -4.51. The molecule has 0 bridgehead atoms. The number of carbonyl (C=O) groups is 1. The van der Waals surface area contributed by atoms with E-state index in [2.05, 4.69) is 5.32 Å². The number of aromatic hydroxyl groups is 2. The number of hydrogen-bond donors (Lipinski definition) is 3. The molecule has 0 saturated heterocycles. The summed E-state index contributed by atoms with van der Waals surface area (Å²) in [6.45, 7) is 1.47. The highest BCUT2D eigenvalue weighted by molar-refractivity contribution is 5.91. The molecule has 174 valence electrons. The lowest BCUT2D eigenvalue weighted by Crippen LogP contribution is -2.21. The van der Waals surface area contributed by atoms with Gasteiger partial charge in [0.2, 0.25) is 5.91 Å². The Morgan fingerprint density at radius 3 is 2.30 bits per heavy atom. The van der Waals surface area contributed by atoms with Crippen LogP contribution in [0.1, 0.15) is 34.8 Å². The molecule has 0 radical (unpaired) electrons. The molecule has 0 aliphatic heterocycles. The normalized spacial score (nSPS) is 12.3. The van der Waals surface area contributed by atoms with Crippen LogP contribution in [0.15, 0.2) is 57.7 Å². The first-order valence-corrected chi connectivity index (χ1v) is 9.67. The van der Waals surface area contributed by atoms with Crippen molar-refractivity contribution < 1.29 is 37.3 Å². The molecule has 1 atom stereocenters. The van der Waals surface area contributed by atoms with E-state index in [9.17, 15) is 33.0 Å². The van der Waals surface area contributed by atoms with E-state index in [1.54, 1.807) is 0 Å². The fraction of sp³-hybridized carbons (Fsp3) is 0.217. The average Bonchev–Trinajstić information content (AvgIpc) is 2.72. The number of phenols is 1. The summed E-state index contributed by atoms with van der Waals surface area (Å²) in [6.07, 6.45) is -4.89. The van der Waals surface area contributed by atoms with Gasteiger partial charge in [0, 0.05) is 24.1 Å². The van der Waals surface area contributed by atoms with Gasteiger partial charge in [0.25, 0.3) is 0 Å². The number of rotatable bonds is 6. The van der Waals surface area contributed by atoms with Gasteiger partial charge in [-0.25, -0.2) is 4.79 Å². The third-order valence-electron chi connectivity index (χ3n) is 4.93. The van der Waals surface area contributed by atoms with Crippen LogP contribution in [0.5, 0.6) is 17.2 Å². The average molecular weight is 463 g/mol. The van der Waals surface area contributed by atoms with E-state index in [1.165, 1.54) is 38.3 Å². The molecule has 33 heavy (non-hydrogen) atoms. The zero-order valence-corrected chi connectivity index (χ0v) is 17.6. The summed E-state index contributed by atoms with van der Waals surface area (Å²) in [5.74, 6) is -2.01. The Hall–Kier alpha value is -3.95. The maximum atomic E-state index is 12.7. The topological polar surface area (TPSA) is 109 Å². The molecule has 0 unspecified atom stereocenters. The van der Waals surface area contributed by atoms with Crippen molar-refractivity contribution in [3.63, 3.8) is 0 Å². The van der Waals surface area contributed by atoms with Crippen molar-refractivity contribution in [3.05, 3.63) is 81.4 Å². The smallest absolute Gasteiger partial charge is 0.416 e. The Morgan fingerprint density at radius 2 is 1.76 bits per heavy atom. The van der Waals surface area contributed by atoms with Crippen molar-refractivity contribution in [1.29, 1.82) is 0 Å². The van der Waals surface area contributed by atoms with Crippen LogP contribution in [0.4, 0.5) is 18.9 Å². The van der Waals surface area contributed by atoms with Gasteiger partial charge in [-0.2, -0.15) is 13.2 Å². The molecule has 3 aromatic rings. The Kier molecular flexibility index (Phi) is 6.66. The maximum absolute atomic E-state index is 12.7. The molecule has 1 amide bonds. The molecule has 0 aliphatic carbocycles. The van der Waals surface area contributed by atoms with Crippen LogP contribution < -0.4 is 15.7 Å². The van der Waals surface area contributed by atoms with Crippen molar-refractivity contribution in [2.45, 2.75) is 25.4 Å². The molecule has 2 aromatic carbocycles. The van der Waals surface area contributed by atoms with Crippen molar-refractivity contribution in [2.24, 2.45) is 0 Å². The minimum Gasteiger partial charge on any atom is -0.507 e. The first-order chi connectivity index (χ1) is 15.5. The lowest BCUT2D eigenvalue weighted by atomic mass is 9.88. The van der Waals surface area contributed by atoms with Gasteiger partial charge in [-0.1, -0.05) is 6.07 Å². The molecule has 0 fully saturated rings. The summed E-state index contributed by atoms with van der Waals surface area (Å²) in [5.41, 5.74) is -1.51. The largest absolute Gasteiger partial charge is 0.507 e. The van der Waals surface area contributed by atoms with E-state index in [-0.39, 0.29) is 34.9 Å². The number of amides is 1. The number of alkyl halides is 3. The predicted octanol–water partition coefficient (Wildman–Crippen LogP) is 4.55. The van der Waals surface area contributed by atoms with Crippen LogP contribution in [-0.2, 0) is 11.0 Å². The first kappa shape index (κ1) is 23.7. The van der Waals surface area contributed by atoms with E-state index in [0.29, 0.717) is 5.56 Å². The first-order valence-electron chi connectivity index (χ1n) is 9.67. The Bertz CT molecular complexity index is 1220. The SMILES string of the molecule is COc1ccc([C@H](CC(=O)Nc2ccc(C(F)(F)F)cc2)c2c(O)cc(C)oc2=O)cc1O. The molecule has 0 saturated carbocycles. The predicted molar refractivity (Wildman–Crippen MR) is 113 cm³/mol. The molecule has 7 nitrogen and oxygen atoms in total. The summed E-state index contributed by atoms with van der Waals surface area (Å²) >= 11 is 0. The van der Waals surface area contributed by atoms with Gasteiger partial charge in [0.05, 0.1) is 18.2 Å². The summed E-state index contributed by atoms with van der Waals surface area (Å²) in [4.78, 5) is 25.2. The number of halogens is 3. The molecule has 3 N–H and O–H groups in total. The lowest BCUT2D eigenvalue weighted by molar-refractivity contribution is -0.137. The van der Waals surface area contributed by atoms with Crippen LogP contribution in [0.2, 0.25) is 0 Å². The number of phenolic OH excluding ortho intramolecular Hbond substituents is 1. The summed E-state index contributed by atoms with van der Waals surface area (Å²) in [7, 11) is 1.35. The van der Waals surface area contributed by atoms with E-state index in [1.807, 2.05) is 0 Å². The van der Waals surface area contributed by atoms with Crippen molar-refractivity contribution in [1.82, 2.24) is 0 Å². The fourth-order valence-corrected chi connectivity index (χ4v) is 3.38. The van der Waals surface area contributed by atoms with Gasteiger partial charge in [0.15, 0.2) is 11.5 Å². The van der Waals surface area contributed by atoms with Crippen LogP contribution in [0.25, 0.3) is 0 Å². The van der Waals surface area contributed by atoms with Crippen LogP contribution in [0, 0.1) is 6.92 Å². The van der Waals surface area contributed by atoms with Gasteiger partial charge < -0.3 is 24.7 Å². The zero-order valence-electron chi connectivity index (χ0n) is 17.6. The van der Waals surface area contributed by atoms with Crippen LogP contribution in [0.3, 0.4) is 0 Å². The van der Waals surface area contributed by atoms with E-state index in [4.69, 9.17) is 9.15 Å². The molecule has 1 heterocycles. The second-order valence-electron chi connectivity index (χ2n) is 7.25. The molecule has 0 spiro atoms. The molecule has 1 aromatic heterocycles. The van der Waals surface area contributed by atoms with Gasteiger partial charge in [-0.05, 0) is 48.9 Å². The second kappa shape index (κ2) is 9.27. The number of aryl methyl sites for hydroxylation is 1. The molecular formula is C23H20F3NO6. The van der Waals surface area contributed by atoms with Gasteiger partial charge >= 0.3 is 11.8 Å². The summed E-state index contributed by atoms with van der Waals surface area (Å²) in [5, 5.41) is 23.0. The standard InChI is InChI=1S/C23H20F3NO6/c1-12-9-18(29)21(22(31)33-12)16(13-3-8-19(32-2)17(28)10-13)11-20(30)27-15-6-4-14(5-7-15)23(24,25)26/h3-10,16,28-29H,11H2,1-2H3,(H,27,30)/t16-/m0/s1. The monoisotopic (exact) mass is 463 g/mol. The molecular weight excluding hydrogens is 443 g/mol. The number of anilines is 1. The zero-order chi connectivity index (χ0) is 24.3. The lowest BCUT2D eigenvalue weighted by Gasteiger charge is -2.19. The van der Waals surface area contributed by atoms with E-state index >= 15 is 0 Å². The summed E-state index contributed by atoms with van der Waals surface area (Å²) in [6, 6.07) is 9.31. The van der Waals surface area contributed by atoms with Crippen LogP contribution >= 0.6 is 0 Å². The Morgan fingerprint density at radius 1 is 1.09 bits per heavy atom. The van der Waals surface area contributed by atoms with Gasteiger partial charge in [0.1, 0.15) is 11.5 Å². The fourth-order valence-electron chi connectivity index (χ4n) is 3.38. The maximum Gasteiger partial charge on any atom is 0.416 e. The minimum absolute atomic E-state index is 0.115. The summed E-state index contributed by atoms with van der Waals surface area (Å²) < 4.78 is 48.3.